The van der Waals surface area contributed by atoms with Gasteiger partial charge in [-0.1, -0.05) is 12.1 Å². The van der Waals surface area contributed by atoms with E-state index in [1.807, 2.05) is 18.0 Å². The second kappa shape index (κ2) is 10.6. The highest BCUT2D eigenvalue weighted by molar-refractivity contribution is 7.80. The van der Waals surface area contributed by atoms with E-state index in [1.165, 1.54) is 18.5 Å². The molecule has 0 unspecified atom stereocenters. The Bertz CT molecular complexity index is 1520. The quantitative estimate of drug-likeness (QED) is 0.329. The number of nitrogens with zero attached hydrogens (tertiary/aromatic N) is 5. The summed E-state index contributed by atoms with van der Waals surface area (Å²) in [5.41, 5.74) is 2.63. The van der Waals surface area contributed by atoms with Crippen molar-refractivity contribution in [2.75, 3.05) is 30.7 Å². The van der Waals surface area contributed by atoms with E-state index in [4.69, 9.17) is 31.2 Å². The minimum absolute atomic E-state index is 0.0529. The van der Waals surface area contributed by atoms with Crippen LogP contribution in [0.5, 0.6) is 11.5 Å². The van der Waals surface area contributed by atoms with Crippen LogP contribution in [0.15, 0.2) is 55.1 Å². The van der Waals surface area contributed by atoms with Crippen molar-refractivity contribution in [2.45, 2.75) is 31.4 Å². The summed E-state index contributed by atoms with van der Waals surface area (Å²) in [4.78, 5) is 15.2. The molecule has 2 aliphatic rings. The van der Waals surface area contributed by atoms with Gasteiger partial charge in [-0.2, -0.15) is 0 Å². The highest BCUT2D eigenvalue weighted by Crippen LogP contribution is 2.35. The van der Waals surface area contributed by atoms with Crippen LogP contribution in [0.2, 0.25) is 0 Å². The zero-order chi connectivity index (χ0) is 26.9. The number of aliphatic hydroxyl groups is 1. The van der Waals surface area contributed by atoms with Gasteiger partial charge >= 0.3 is 0 Å². The van der Waals surface area contributed by atoms with Gasteiger partial charge in [0.15, 0.2) is 28.5 Å². The van der Waals surface area contributed by atoms with Gasteiger partial charge in [0, 0.05) is 31.8 Å². The number of hydrogen-bond donors (Lipinski definition) is 2. The minimum Gasteiger partial charge on any atom is -0.468 e. The Labute approximate surface area is 228 Å². The summed E-state index contributed by atoms with van der Waals surface area (Å²) in [6, 6.07) is 11.8. The number of thiocarbonyl (C=S) groups is 1. The molecule has 0 saturated carbocycles. The van der Waals surface area contributed by atoms with Crippen molar-refractivity contribution in [3.63, 3.8) is 0 Å². The Balaban J connectivity index is 1.09. The Morgan fingerprint density at radius 3 is 2.95 bits per heavy atom. The smallest absolute Gasteiger partial charge is 0.261 e. The van der Waals surface area contributed by atoms with Crippen LogP contribution in [0.1, 0.15) is 18.2 Å². The summed E-state index contributed by atoms with van der Waals surface area (Å²) in [7, 11) is 1.86. The summed E-state index contributed by atoms with van der Waals surface area (Å²) >= 11 is 5.30. The minimum atomic E-state index is -0.780. The molecule has 13 heteroatoms. The zero-order valence-electron chi connectivity index (χ0n) is 20.9. The third-order valence-corrected chi connectivity index (χ3v) is 6.74. The van der Waals surface area contributed by atoms with Crippen molar-refractivity contribution in [1.82, 2.24) is 19.5 Å². The molecule has 2 N–H and O–H groups in total. The summed E-state index contributed by atoms with van der Waals surface area (Å²) in [5, 5.41) is 13.8. The highest BCUT2D eigenvalue weighted by atomic mass is 32.1. The molecule has 0 aliphatic carbocycles. The molecule has 39 heavy (non-hydrogen) atoms. The van der Waals surface area contributed by atoms with Crippen LogP contribution in [-0.4, -0.2) is 62.5 Å². The van der Waals surface area contributed by atoms with Crippen LogP contribution in [0.4, 0.5) is 15.9 Å². The molecule has 6 rings (SSSR count). The van der Waals surface area contributed by atoms with Gasteiger partial charge in [-0.05, 0) is 42.0 Å². The van der Waals surface area contributed by atoms with Crippen molar-refractivity contribution in [3.05, 3.63) is 66.5 Å². The van der Waals surface area contributed by atoms with Gasteiger partial charge in [-0.15, -0.1) is 0 Å². The Hall–Kier alpha value is -4.07. The van der Waals surface area contributed by atoms with Gasteiger partial charge in [0.1, 0.15) is 31.1 Å². The number of ether oxygens (including phenoxy) is 4. The monoisotopic (exact) mass is 552 g/mol. The van der Waals surface area contributed by atoms with Crippen molar-refractivity contribution in [1.29, 1.82) is 0 Å². The van der Waals surface area contributed by atoms with E-state index in [2.05, 4.69) is 20.3 Å². The summed E-state index contributed by atoms with van der Waals surface area (Å²) in [6.07, 6.45) is 1.49. The standard InChI is InChI=1S/C26H25FN6O5S/c1-32(10-15-3-2-4-16(27)7-15)24-23-25(29-12-28-24)33(13-30-23)22-9-18(34)21(38-22)11-35-26(39)31-17-5-6-19-20(8-17)37-14-36-19/h2-8,12-13,18,21-22,34H,9-11,14H2,1H3,(H,31,39)/t18-,21+,22+/m0/s1. The third kappa shape index (κ3) is 5.28. The highest BCUT2D eigenvalue weighted by Gasteiger charge is 2.36. The van der Waals surface area contributed by atoms with Gasteiger partial charge in [0.2, 0.25) is 6.79 Å². The van der Waals surface area contributed by atoms with E-state index >= 15 is 0 Å². The topological polar surface area (TPSA) is 116 Å². The first-order valence-corrected chi connectivity index (χ1v) is 12.7. The van der Waals surface area contributed by atoms with E-state index in [9.17, 15) is 9.50 Å². The number of fused-ring (bicyclic) bond motifs is 2. The van der Waals surface area contributed by atoms with E-state index in [-0.39, 0.29) is 24.4 Å². The van der Waals surface area contributed by atoms with Gasteiger partial charge in [-0.25, -0.2) is 19.3 Å². The molecule has 3 atom stereocenters. The van der Waals surface area contributed by atoms with E-state index in [1.54, 1.807) is 35.2 Å². The first-order chi connectivity index (χ1) is 18.9. The number of rotatable bonds is 7. The predicted octanol–water partition coefficient (Wildman–Crippen LogP) is 3.39. The van der Waals surface area contributed by atoms with Crippen LogP contribution >= 0.6 is 12.2 Å². The van der Waals surface area contributed by atoms with Gasteiger partial charge in [0.05, 0.1) is 12.4 Å². The number of benzene rings is 2. The molecule has 202 valence electrons. The summed E-state index contributed by atoms with van der Waals surface area (Å²) in [6.45, 7) is 0.676. The predicted molar refractivity (Wildman–Crippen MR) is 143 cm³/mol. The zero-order valence-corrected chi connectivity index (χ0v) is 21.7. The molecule has 0 spiro atoms. The number of anilines is 2. The van der Waals surface area contributed by atoms with E-state index in [0.29, 0.717) is 47.1 Å². The third-order valence-electron chi connectivity index (χ3n) is 6.52. The number of nitrogens with one attached hydrogen (secondary N) is 1. The second-order valence-corrected chi connectivity index (χ2v) is 9.60. The lowest BCUT2D eigenvalue weighted by Crippen LogP contribution is -2.29. The maximum Gasteiger partial charge on any atom is 0.261 e. The fraction of sp³-hybridized carbons (Fsp3) is 0.308. The molecule has 4 aromatic rings. The van der Waals surface area contributed by atoms with Crippen molar-refractivity contribution in [3.8, 4) is 11.5 Å². The Kier molecular flexibility index (Phi) is 6.85. The molecule has 2 aromatic carbocycles. The van der Waals surface area contributed by atoms with E-state index < -0.39 is 18.4 Å². The lowest BCUT2D eigenvalue weighted by atomic mass is 10.2. The molecule has 2 aromatic heterocycles. The Morgan fingerprint density at radius 1 is 1.21 bits per heavy atom. The number of hydrogen-bond acceptors (Lipinski definition) is 10. The molecule has 0 bridgehead atoms. The second-order valence-electron chi connectivity index (χ2n) is 9.23. The first-order valence-electron chi connectivity index (χ1n) is 12.2. The van der Waals surface area contributed by atoms with Gasteiger partial charge < -0.3 is 34.3 Å². The van der Waals surface area contributed by atoms with Gasteiger partial charge in [-0.3, -0.25) is 4.57 Å². The Morgan fingerprint density at radius 2 is 2.08 bits per heavy atom. The summed E-state index contributed by atoms with van der Waals surface area (Å²) < 4.78 is 37.9. The van der Waals surface area contributed by atoms with Crippen molar-refractivity contribution >= 4 is 40.1 Å². The van der Waals surface area contributed by atoms with Crippen LogP contribution in [0, 0.1) is 5.82 Å². The van der Waals surface area contributed by atoms with Crippen LogP contribution in [0.3, 0.4) is 0 Å². The number of halogens is 1. The molecule has 0 amide bonds. The van der Waals surface area contributed by atoms with Crippen LogP contribution in [0.25, 0.3) is 11.2 Å². The molecule has 1 saturated heterocycles. The maximum atomic E-state index is 13.6. The molecular weight excluding hydrogens is 527 g/mol. The fourth-order valence-corrected chi connectivity index (χ4v) is 4.82. The van der Waals surface area contributed by atoms with Crippen molar-refractivity contribution in [2.24, 2.45) is 0 Å². The lowest BCUT2D eigenvalue weighted by molar-refractivity contribution is -0.0398. The average Bonchev–Trinajstić information content (AvgIpc) is 3.65. The number of imidazole rings is 1. The largest absolute Gasteiger partial charge is 0.468 e. The molecule has 4 heterocycles. The van der Waals surface area contributed by atoms with Crippen molar-refractivity contribution < 1.29 is 28.4 Å². The van der Waals surface area contributed by atoms with Crippen LogP contribution < -0.4 is 19.7 Å². The number of aromatic nitrogens is 4. The lowest BCUT2D eigenvalue weighted by Gasteiger charge is -2.19. The SMILES string of the molecule is CN(Cc1cccc(F)c1)c1ncnc2c1ncn2[C@H]1C[C@H](O)[C@@H](COC(=S)Nc2ccc3c(c2)OCO3)O1. The molecule has 11 nitrogen and oxygen atoms in total. The normalized spacial score (nSPS) is 19.8. The average molecular weight is 553 g/mol. The van der Waals surface area contributed by atoms with Gasteiger partial charge in [0.25, 0.3) is 5.17 Å². The molecule has 0 radical (unpaired) electrons. The molecule has 1 fully saturated rings. The number of aliphatic hydroxyl groups excluding tert-OH is 1. The molecular formula is C26H25FN6O5S. The fourth-order valence-electron chi connectivity index (χ4n) is 4.64. The van der Waals surface area contributed by atoms with E-state index in [0.717, 1.165) is 5.56 Å². The van der Waals surface area contributed by atoms with Crippen LogP contribution in [-0.2, 0) is 16.0 Å². The molecule has 2 aliphatic heterocycles. The maximum absolute atomic E-state index is 13.6. The first kappa shape index (κ1) is 25.2. The summed E-state index contributed by atoms with van der Waals surface area (Å²) in [5.74, 6) is 1.60.